The molecule has 1 atom stereocenters. The Labute approximate surface area is 134 Å². The van der Waals surface area contributed by atoms with Crippen LogP contribution in [-0.2, 0) is 4.79 Å². The number of nitrogens with one attached hydrogen (secondary N) is 1. The van der Waals surface area contributed by atoms with Gasteiger partial charge in [-0.1, -0.05) is 30.3 Å². The maximum Gasteiger partial charge on any atom is 0.308 e. The molecular weight excluding hydrogens is 304 g/mol. The molecule has 3 rings (SSSR count). The number of nitrogens with zero attached hydrogens (tertiary/aromatic N) is 1. The monoisotopic (exact) mass is 320 g/mol. The summed E-state index contributed by atoms with van der Waals surface area (Å²) in [6, 6.07) is 13.4. The van der Waals surface area contributed by atoms with Crippen molar-refractivity contribution in [1.29, 1.82) is 0 Å². The Kier molecular flexibility index (Phi) is 4.88. The van der Waals surface area contributed by atoms with Crippen molar-refractivity contribution in [2.45, 2.75) is 6.42 Å². The smallest absolute Gasteiger partial charge is 0.308 e. The van der Waals surface area contributed by atoms with Gasteiger partial charge in [0.05, 0.1) is 5.92 Å². The third-order valence-corrected chi connectivity index (χ3v) is 3.83. The zero-order chi connectivity index (χ0) is 14.8. The maximum atomic E-state index is 12.4. The van der Waals surface area contributed by atoms with Gasteiger partial charge in [-0.15, -0.1) is 12.4 Å². The van der Waals surface area contributed by atoms with Gasteiger partial charge in [0.25, 0.3) is 5.91 Å². The van der Waals surface area contributed by atoms with E-state index in [9.17, 15) is 9.59 Å². The van der Waals surface area contributed by atoms with E-state index < -0.39 is 11.9 Å². The lowest BCUT2D eigenvalue weighted by Crippen LogP contribution is -2.30. The summed E-state index contributed by atoms with van der Waals surface area (Å²) in [6.07, 6.45) is 0.521. The van der Waals surface area contributed by atoms with E-state index in [2.05, 4.69) is 4.98 Å². The highest BCUT2D eigenvalue weighted by Crippen LogP contribution is 2.21. The highest BCUT2D eigenvalue weighted by Gasteiger charge is 2.31. The van der Waals surface area contributed by atoms with Gasteiger partial charge < -0.3 is 15.0 Å². The minimum atomic E-state index is -0.832. The van der Waals surface area contributed by atoms with Gasteiger partial charge in [-0.2, -0.15) is 0 Å². The predicted molar refractivity (Wildman–Crippen MR) is 85.1 cm³/mol. The maximum absolute atomic E-state index is 12.4. The molecule has 0 bridgehead atoms. The van der Waals surface area contributed by atoms with Crippen LogP contribution in [0.3, 0.4) is 0 Å². The molecule has 2 N–H and O–H groups in total. The largest absolute Gasteiger partial charge is 0.481 e. The lowest BCUT2D eigenvalue weighted by Gasteiger charge is -2.14. The molecule has 6 heteroatoms. The number of rotatable bonds is 3. The third kappa shape index (κ3) is 3.14. The van der Waals surface area contributed by atoms with E-state index in [1.807, 2.05) is 36.4 Å². The molecule has 5 nitrogen and oxygen atoms in total. The summed E-state index contributed by atoms with van der Waals surface area (Å²) in [5.74, 6) is -1.42. The quantitative estimate of drug-likeness (QED) is 0.913. The van der Waals surface area contributed by atoms with Crippen molar-refractivity contribution in [3.05, 3.63) is 48.2 Å². The topological polar surface area (TPSA) is 73.4 Å². The third-order valence-electron chi connectivity index (χ3n) is 3.83. The number of carbonyl (C=O) groups is 2. The summed E-state index contributed by atoms with van der Waals surface area (Å²) in [5, 5.41) is 8.99. The molecule has 2 aromatic rings. The number of aromatic nitrogens is 1. The fourth-order valence-corrected chi connectivity index (χ4v) is 2.62. The summed E-state index contributed by atoms with van der Waals surface area (Å²) in [7, 11) is 0. The van der Waals surface area contributed by atoms with Gasteiger partial charge in [-0.05, 0) is 24.1 Å². The Bertz CT molecular complexity index is 669. The second-order valence-electron chi connectivity index (χ2n) is 5.23. The van der Waals surface area contributed by atoms with Crippen LogP contribution >= 0.6 is 12.4 Å². The highest BCUT2D eigenvalue weighted by molar-refractivity contribution is 5.94. The van der Waals surface area contributed by atoms with Crippen molar-refractivity contribution in [3.8, 4) is 11.3 Å². The number of carbonyl (C=O) groups excluding carboxylic acids is 1. The Morgan fingerprint density at radius 3 is 2.50 bits per heavy atom. The zero-order valence-corrected chi connectivity index (χ0v) is 12.7. The number of aliphatic carboxylic acids is 1. The minimum Gasteiger partial charge on any atom is -0.481 e. The summed E-state index contributed by atoms with van der Waals surface area (Å²) >= 11 is 0. The lowest BCUT2D eigenvalue weighted by molar-refractivity contribution is -0.141. The van der Waals surface area contributed by atoms with Gasteiger partial charge in [0.2, 0.25) is 0 Å². The molecule has 1 saturated heterocycles. The lowest BCUT2D eigenvalue weighted by atomic mass is 10.1. The van der Waals surface area contributed by atoms with E-state index in [4.69, 9.17) is 5.11 Å². The fourth-order valence-electron chi connectivity index (χ4n) is 2.62. The van der Waals surface area contributed by atoms with Crippen molar-refractivity contribution in [3.63, 3.8) is 0 Å². The van der Waals surface area contributed by atoms with E-state index in [1.165, 1.54) is 0 Å². The standard InChI is InChI=1S/C16H16N2O3.ClH/c19-15(18-9-8-12(10-18)16(20)21)14-7-6-13(17-14)11-4-2-1-3-5-11;/h1-7,12,17H,8-10H2,(H,20,21);1H. The van der Waals surface area contributed by atoms with Crippen molar-refractivity contribution < 1.29 is 14.7 Å². The average molecular weight is 321 g/mol. The number of likely N-dealkylation sites (tertiary alicyclic amines) is 1. The van der Waals surface area contributed by atoms with Gasteiger partial charge >= 0.3 is 5.97 Å². The molecule has 0 aliphatic carbocycles. The molecule has 0 saturated carbocycles. The van der Waals surface area contributed by atoms with E-state index in [1.54, 1.807) is 11.0 Å². The molecule has 1 aromatic heterocycles. The molecule has 0 radical (unpaired) electrons. The van der Waals surface area contributed by atoms with Gasteiger partial charge in [-0.25, -0.2) is 0 Å². The van der Waals surface area contributed by atoms with Crippen molar-refractivity contribution >= 4 is 24.3 Å². The molecule has 1 aliphatic heterocycles. The van der Waals surface area contributed by atoms with Crippen molar-refractivity contribution in [1.82, 2.24) is 9.88 Å². The summed E-state index contributed by atoms with van der Waals surface area (Å²) < 4.78 is 0. The first kappa shape index (κ1) is 16.1. The van der Waals surface area contributed by atoms with E-state index in [0.29, 0.717) is 18.7 Å². The molecular formula is C16H17ClN2O3. The van der Waals surface area contributed by atoms with Crippen LogP contribution in [0.5, 0.6) is 0 Å². The summed E-state index contributed by atoms with van der Waals surface area (Å²) in [6.45, 7) is 0.781. The fraction of sp³-hybridized carbons (Fsp3) is 0.250. The van der Waals surface area contributed by atoms with Crippen LogP contribution < -0.4 is 0 Å². The average Bonchev–Trinajstić information content (AvgIpc) is 3.17. The van der Waals surface area contributed by atoms with Crippen LogP contribution in [0.25, 0.3) is 11.3 Å². The molecule has 22 heavy (non-hydrogen) atoms. The van der Waals surface area contributed by atoms with E-state index >= 15 is 0 Å². The van der Waals surface area contributed by atoms with Crippen LogP contribution in [0.4, 0.5) is 0 Å². The Hall–Kier alpha value is -2.27. The first-order valence-corrected chi connectivity index (χ1v) is 6.91. The minimum absolute atomic E-state index is 0. The van der Waals surface area contributed by atoms with Gasteiger partial charge in [0, 0.05) is 18.8 Å². The Balaban J connectivity index is 0.00000176. The molecule has 2 heterocycles. The number of amides is 1. The molecule has 116 valence electrons. The molecule has 1 aliphatic rings. The number of halogens is 1. The SMILES string of the molecule is Cl.O=C(O)C1CCN(C(=O)c2ccc(-c3ccccc3)[nH]2)C1. The van der Waals surface area contributed by atoms with Crippen molar-refractivity contribution in [2.75, 3.05) is 13.1 Å². The molecule has 1 fully saturated rings. The zero-order valence-electron chi connectivity index (χ0n) is 11.9. The highest BCUT2D eigenvalue weighted by atomic mass is 35.5. The normalized spacial score (nSPS) is 17.1. The molecule has 1 aromatic carbocycles. The van der Waals surface area contributed by atoms with E-state index in [-0.39, 0.29) is 24.9 Å². The Morgan fingerprint density at radius 2 is 1.86 bits per heavy atom. The molecule has 1 unspecified atom stereocenters. The predicted octanol–water partition coefficient (Wildman–Crippen LogP) is 2.65. The van der Waals surface area contributed by atoms with Gasteiger partial charge in [0.1, 0.15) is 5.69 Å². The van der Waals surface area contributed by atoms with Gasteiger partial charge in [0.15, 0.2) is 0 Å². The number of benzene rings is 1. The summed E-state index contributed by atoms with van der Waals surface area (Å²) in [4.78, 5) is 28.0. The van der Waals surface area contributed by atoms with Crippen LogP contribution in [0.1, 0.15) is 16.9 Å². The van der Waals surface area contributed by atoms with Crippen molar-refractivity contribution in [2.24, 2.45) is 5.92 Å². The first-order valence-electron chi connectivity index (χ1n) is 6.91. The van der Waals surface area contributed by atoms with Crippen LogP contribution in [0.15, 0.2) is 42.5 Å². The second kappa shape index (κ2) is 6.66. The second-order valence-corrected chi connectivity index (χ2v) is 5.23. The number of aromatic amines is 1. The number of carboxylic acid groups (broad SMARTS) is 1. The van der Waals surface area contributed by atoms with Crippen LogP contribution in [-0.4, -0.2) is 40.0 Å². The van der Waals surface area contributed by atoms with E-state index in [0.717, 1.165) is 11.3 Å². The number of H-pyrrole nitrogens is 1. The number of hydrogen-bond donors (Lipinski definition) is 2. The van der Waals surface area contributed by atoms with Gasteiger partial charge in [-0.3, -0.25) is 9.59 Å². The Morgan fingerprint density at radius 1 is 1.14 bits per heavy atom. The molecule has 1 amide bonds. The van der Waals surface area contributed by atoms with Crippen LogP contribution in [0.2, 0.25) is 0 Å². The number of hydrogen-bond acceptors (Lipinski definition) is 2. The van der Waals surface area contributed by atoms with Crippen LogP contribution in [0, 0.1) is 5.92 Å². The molecule has 0 spiro atoms. The summed E-state index contributed by atoms with van der Waals surface area (Å²) in [5.41, 5.74) is 2.40. The first-order chi connectivity index (χ1) is 10.1. The number of carboxylic acids is 1.